The van der Waals surface area contributed by atoms with Crippen molar-refractivity contribution in [1.29, 1.82) is 0 Å². The van der Waals surface area contributed by atoms with Crippen LogP contribution in [0.4, 0.5) is 0 Å². The van der Waals surface area contributed by atoms with Crippen molar-refractivity contribution < 1.29 is 4.79 Å². The van der Waals surface area contributed by atoms with E-state index in [9.17, 15) is 4.79 Å². The number of benzene rings is 1. The topological polar surface area (TPSA) is 41.4 Å². The van der Waals surface area contributed by atoms with Crippen LogP contribution < -0.4 is 0 Å². The predicted molar refractivity (Wildman–Crippen MR) is 121 cm³/mol. The number of aromatic nitrogens is 2. The number of aryl methyl sites for hydroxylation is 1. The Morgan fingerprint density at radius 3 is 2.59 bits per heavy atom. The first-order valence-electron chi connectivity index (χ1n) is 9.70. The molecule has 1 aliphatic rings. The molecule has 0 saturated carbocycles. The smallest absolute Gasteiger partial charge is 0.264 e. The summed E-state index contributed by atoms with van der Waals surface area (Å²) in [6, 6.07) is 7.76. The minimum atomic E-state index is 0.0856. The van der Waals surface area contributed by atoms with E-state index >= 15 is 0 Å². The molecule has 1 saturated heterocycles. The minimum absolute atomic E-state index is 0.0856. The molecule has 0 aliphatic carbocycles. The van der Waals surface area contributed by atoms with Crippen molar-refractivity contribution >= 4 is 50.7 Å². The van der Waals surface area contributed by atoms with Gasteiger partial charge >= 0.3 is 0 Å². The number of fused-ring (bicyclic) bond motifs is 1. The number of carbonyl (C=O) groups excluding carboxylic acids is 1. The molecule has 1 fully saturated rings. The molecule has 0 bridgehead atoms. The van der Waals surface area contributed by atoms with Gasteiger partial charge in [-0.1, -0.05) is 29.3 Å². The summed E-state index contributed by atoms with van der Waals surface area (Å²) in [5.41, 5.74) is 1.74. The average molecular weight is 451 g/mol. The lowest BCUT2D eigenvalue weighted by Gasteiger charge is -2.34. The van der Waals surface area contributed by atoms with Crippen LogP contribution in [-0.4, -0.2) is 58.7 Å². The maximum atomic E-state index is 13.1. The Labute approximate surface area is 184 Å². The van der Waals surface area contributed by atoms with Gasteiger partial charge in [0.05, 0.1) is 17.1 Å². The SMILES string of the molecule is Cc1nn(Cc2c(Cl)cccc2Cl)c2sc(C(=O)N(C)C3CCN(C)CC3)cc12. The number of hydrogen-bond acceptors (Lipinski definition) is 4. The van der Waals surface area contributed by atoms with Gasteiger partial charge in [0.2, 0.25) is 0 Å². The van der Waals surface area contributed by atoms with Crippen molar-refractivity contribution in [1.82, 2.24) is 19.6 Å². The van der Waals surface area contributed by atoms with Crippen LogP contribution in [0.2, 0.25) is 10.0 Å². The fourth-order valence-electron chi connectivity index (χ4n) is 3.88. The molecule has 29 heavy (non-hydrogen) atoms. The number of halogens is 2. The van der Waals surface area contributed by atoms with E-state index in [-0.39, 0.29) is 5.91 Å². The lowest BCUT2D eigenvalue weighted by atomic mass is 10.0. The van der Waals surface area contributed by atoms with Gasteiger partial charge in [0.15, 0.2) is 0 Å². The Morgan fingerprint density at radius 1 is 1.28 bits per heavy atom. The predicted octanol–water partition coefficient (Wildman–Crippen LogP) is 4.93. The number of rotatable bonds is 4. The molecule has 0 atom stereocenters. The summed E-state index contributed by atoms with van der Waals surface area (Å²) in [7, 11) is 4.05. The van der Waals surface area contributed by atoms with Crippen LogP contribution in [0.5, 0.6) is 0 Å². The van der Waals surface area contributed by atoms with E-state index in [4.69, 9.17) is 23.2 Å². The van der Waals surface area contributed by atoms with Gasteiger partial charge in [-0.05, 0) is 58.1 Å². The van der Waals surface area contributed by atoms with E-state index in [2.05, 4.69) is 17.0 Å². The molecular weight excluding hydrogens is 427 g/mol. The zero-order chi connectivity index (χ0) is 20.7. The lowest BCUT2D eigenvalue weighted by molar-refractivity contribution is 0.0664. The third-order valence-corrected chi connectivity index (χ3v) is 7.59. The molecule has 1 amide bonds. The minimum Gasteiger partial charge on any atom is -0.338 e. The van der Waals surface area contributed by atoms with Crippen molar-refractivity contribution in [3.8, 4) is 0 Å². The normalized spacial score (nSPS) is 15.9. The summed E-state index contributed by atoms with van der Waals surface area (Å²) < 4.78 is 1.90. The summed E-state index contributed by atoms with van der Waals surface area (Å²) in [5, 5.41) is 6.90. The zero-order valence-corrected chi connectivity index (χ0v) is 19.1. The second-order valence-corrected chi connectivity index (χ2v) is 9.57. The molecule has 154 valence electrons. The van der Waals surface area contributed by atoms with Crippen molar-refractivity contribution in [3.63, 3.8) is 0 Å². The van der Waals surface area contributed by atoms with Crippen molar-refractivity contribution in [3.05, 3.63) is 50.4 Å². The van der Waals surface area contributed by atoms with Gasteiger partial charge in [-0.3, -0.25) is 4.79 Å². The van der Waals surface area contributed by atoms with Gasteiger partial charge in [-0.2, -0.15) is 5.10 Å². The van der Waals surface area contributed by atoms with Crippen LogP contribution in [0, 0.1) is 6.92 Å². The Morgan fingerprint density at radius 2 is 1.93 bits per heavy atom. The van der Waals surface area contributed by atoms with Gasteiger partial charge in [-0.25, -0.2) is 4.68 Å². The van der Waals surface area contributed by atoms with Gasteiger partial charge in [-0.15, -0.1) is 11.3 Å². The summed E-state index contributed by atoms with van der Waals surface area (Å²) in [6.07, 6.45) is 2.03. The first kappa shape index (κ1) is 20.7. The van der Waals surface area contributed by atoms with E-state index in [1.54, 1.807) is 0 Å². The van der Waals surface area contributed by atoms with Gasteiger partial charge in [0.25, 0.3) is 5.91 Å². The molecule has 4 rings (SSSR count). The Kier molecular flexibility index (Phi) is 5.89. The van der Waals surface area contributed by atoms with E-state index < -0.39 is 0 Å². The molecule has 5 nitrogen and oxygen atoms in total. The molecular formula is C21H24Cl2N4OS. The highest BCUT2D eigenvalue weighted by Gasteiger charge is 2.26. The van der Waals surface area contributed by atoms with Crippen LogP contribution in [0.15, 0.2) is 24.3 Å². The number of amides is 1. The van der Waals surface area contributed by atoms with Gasteiger partial charge in [0.1, 0.15) is 4.83 Å². The summed E-state index contributed by atoms with van der Waals surface area (Å²) in [4.78, 5) is 19.1. The molecule has 0 radical (unpaired) electrons. The number of nitrogens with zero attached hydrogens (tertiary/aromatic N) is 4. The summed E-state index contributed by atoms with van der Waals surface area (Å²) in [5.74, 6) is 0.0856. The number of hydrogen-bond donors (Lipinski definition) is 0. The average Bonchev–Trinajstić information content (AvgIpc) is 3.25. The fourth-order valence-corrected chi connectivity index (χ4v) is 5.54. The Bertz CT molecular complexity index is 1030. The van der Waals surface area contributed by atoms with Crippen molar-refractivity contribution in [2.24, 2.45) is 0 Å². The molecule has 1 aromatic carbocycles. The maximum Gasteiger partial charge on any atom is 0.264 e. The number of thiophene rings is 1. The quantitative estimate of drug-likeness (QED) is 0.565. The molecule has 0 unspecified atom stereocenters. The molecule has 2 aromatic heterocycles. The number of piperidine rings is 1. The van der Waals surface area contributed by atoms with E-state index in [1.807, 2.05) is 47.8 Å². The van der Waals surface area contributed by atoms with Crippen molar-refractivity contribution in [2.45, 2.75) is 32.4 Å². The van der Waals surface area contributed by atoms with Crippen LogP contribution >= 0.6 is 34.5 Å². The van der Waals surface area contributed by atoms with E-state index in [1.165, 1.54) is 11.3 Å². The molecule has 8 heteroatoms. The monoisotopic (exact) mass is 450 g/mol. The van der Waals surface area contributed by atoms with E-state index in [0.29, 0.717) is 22.6 Å². The highest BCUT2D eigenvalue weighted by Crippen LogP contribution is 2.32. The highest BCUT2D eigenvalue weighted by molar-refractivity contribution is 7.20. The number of carbonyl (C=O) groups is 1. The standard InChI is InChI=1S/C21H24Cl2N4OS/c1-13-15-11-19(20(28)26(3)14-7-9-25(2)10-8-14)29-21(15)27(24-13)12-16-17(22)5-4-6-18(16)23/h4-6,11,14H,7-10,12H2,1-3H3. The first-order valence-corrected chi connectivity index (χ1v) is 11.3. The third-order valence-electron chi connectivity index (χ3n) is 5.74. The van der Waals surface area contributed by atoms with Gasteiger partial charge in [0, 0.05) is 34.1 Å². The fraction of sp³-hybridized carbons (Fsp3) is 0.429. The van der Waals surface area contributed by atoms with E-state index in [0.717, 1.165) is 52.3 Å². The Balaban J connectivity index is 1.61. The summed E-state index contributed by atoms with van der Waals surface area (Å²) in [6.45, 7) is 4.50. The molecule has 3 heterocycles. The summed E-state index contributed by atoms with van der Waals surface area (Å²) >= 11 is 14.2. The second kappa shape index (κ2) is 8.26. The molecule has 1 aliphatic heterocycles. The first-order chi connectivity index (χ1) is 13.8. The molecule has 3 aromatic rings. The maximum absolute atomic E-state index is 13.1. The van der Waals surface area contributed by atoms with Crippen LogP contribution in [0.25, 0.3) is 10.2 Å². The molecule has 0 N–H and O–H groups in total. The van der Waals surface area contributed by atoms with Crippen LogP contribution in [-0.2, 0) is 6.54 Å². The zero-order valence-electron chi connectivity index (χ0n) is 16.8. The highest BCUT2D eigenvalue weighted by atomic mass is 35.5. The van der Waals surface area contributed by atoms with Crippen LogP contribution in [0.3, 0.4) is 0 Å². The third kappa shape index (κ3) is 4.04. The largest absolute Gasteiger partial charge is 0.338 e. The lowest BCUT2D eigenvalue weighted by Crippen LogP contribution is -2.44. The second-order valence-electron chi connectivity index (χ2n) is 7.72. The Hall–Kier alpha value is -1.60. The molecule has 0 spiro atoms. The number of likely N-dealkylation sites (tertiary alicyclic amines) is 1. The van der Waals surface area contributed by atoms with Crippen molar-refractivity contribution in [2.75, 3.05) is 27.2 Å². The van der Waals surface area contributed by atoms with Crippen LogP contribution in [0.1, 0.15) is 33.8 Å². The van der Waals surface area contributed by atoms with Gasteiger partial charge < -0.3 is 9.80 Å².